The lowest BCUT2D eigenvalue weighted by Gasteiger charge is -1.94. The van der Waals surface area contributed by atoms with Crippen molar-refractivity contribution in [3.05, 3.63) is 24.3 Å². The van der Waals surface area contributed by atoms with Gasteiger partial charge in [-0.2, -0.15) is 4.57 Å². The van der Waals surface area contributed by atoms with E-state index < -0.39 is 0 Å². The summed E-state index contributed by atoms with van der Waals surface area (Å²) in [6, 6.07) is 8.20. The summed E-state index contributed by atoms with van der Waals surface area (Å²) in [6.45, 7) is 0. The zero-order valence-electron chi connectivity index (χ0n) is 9.10. The van der Waals surface area contributed by atoms with Crippen LogP contribution in [0, 0.1) is 0 Å². The molecular weight excluding hydrogens is 242 g/mol. The maximum atomic E-state index is 11.1. The number of thiazole rings is 1. The van der Waals surface area contributed by atoms with Crippen molar-refractivity contribution in [1.82, 2.24) is 0 Å². The molecule has 0 N–H and O–H groups in total. The molecule has 0 amide bonds. The smallest absolute Gasteiger partial charge is 0.316 e. The van der Waals surface area contributed by atoms with Gasteiger partial charge in [-0.05, 0) is 17.8 Å². The van der Waals surface area contributed by atoms with E-state index in [-0.39, 0.29) is 5.97 Å². The molecule has 0 aliphatic heterocycles. The number of methoxy groups -OCH3 is 1. The number of fused-ring (bicyclic) bond motifs is 1. The summed E-state index contributed by atoms with van der Waals surface area (Å²) >= 11 is 3.21. The lowest BCUT2D eigenvalue weighted by molar-refractivity contribution is -0.676. The number of hydrogen-bond donors (Lipinski definition) is 0. The monoisotopic (exact) mass is 254 g/mol. The molecule has 1 heterocycles. The quantitative estimate of drug-likeness (QED) is 0.477. The molecule has 3 nitrogen and oxygen atoms in total. The van der Waals surface area contributed by atoms with Gasteiger partial charge in [-0.15, -0.1) is 0 Å². The Morgan fingerprint density at radius 3 is 2.94 bits per heavy atom. The first kappa shape index (κ1) is 11.4. The Labute approximate surface area is 102 Å². The van der Waals surface area contributed by atoms with E-state index in [0.717, 1.165) is 4.34 Å². The lowest BCUT2D eigenvalue weighted by atomic mass is 10.3. The number of hydrogen-bond acceptors (Lipinski definition) is 4. The van der Waals surface area contributed by atoms with Crippen LogP contribution in [0.2, 0.25) is 0 Å². The zero-order valence-corrected chi connectivity index (χ0v) is 10.7. The van der Waals surface area contributed by atoms with Crippen molar-refractivity contribution >= 4 is 39.3 Å². The van der Waals surface area contributed by atoms with Gasteiger partial charge in [-0.3, -0.25) is 4.79 Å². The van der Waals surface area contributed by atoms with Crippen molar-refractivity contribution in [2.24, 2.45) is 7.05 Å². The van der Waals surface area contributed by atoms with Gasteiger partial charge in [0, 0.05) is 6.07 Å². The normalized spacial score (nSPS) is 10.6. The van der Waals surface area contributed by atoms with E-state index in [1.165, 1.54) is 29.1 Å². The Morgan fingerprint density at radius 1 is 1.50 bits per heavy atom. The van der Waals surface area contributed by atoms with Crippen LogP contribution in [-0.2, 0) is 16.6 Å². The highest BCUT2D eigenvalue weighted by Crippen LogP contribution is 2.27. The van der Waals surface area contributed by atoms with Gasteiger partial charge < -0.3 is 4.74 Å². The average molecular weight is 254 g/mol. The number of nitrogens with zero attached hydrogens (tertiary/aromatic N) is 1. The van der Waals surface area contributed by atoms with Crippen molar-refractivity contribution in [3.8, 4) is 0 Å². The van der Waals surface area contributed by atoms with Gasteiger partial charge >= 0.3 is 5.97 Å². The molecule has 0 saturated carbocycles. The first-order chi connectivity index (χ1) is 7.72. The fraction of sp³-hybridized carbons (Fsp3) is 0.273. The molecule has 0 atom stereocenters. The summed E-state index contributed by atoms with van der Waals surface area (Å²) in [5.41, 5.74) is 1.19. The van der Waals surface area contributed by atoms with Crippen molar-refractivity contribution in [1.29, 1.82) is 0 Å². The first-order valence-corrected chi connectivity index (χ1v) is 6.59. The topological polar surface area (TPSA) is 30.2 Å². The Morgan fingerprint density at radius 2 is 2.25 bits per heavy atom. The molecule has 0 bridgehead atoms. The minimum absolute atomic E-state index is 0.192. The summed E-state index contributed by atoms with van der Waals surface area (Å²) in [4.78, 5) is 11.1. The molecule has 1 aromatic heterocycles. The van der Waals surface area contributed by atoms with E-state index in [4.69, 9.17) is 0 Å². The Bertz CT molecular complexity index is 522. The van der Waals surface area contributed by atoms with E-state index in [0.29, 0.717) is 5.75 Å². The zero-order chi connectivity index (χ0) is 11.5. The molecule has 0 aliphatic carbocycles. The number of para-hydroxylation sites is 1. The molecule has 16 heavy (non-hydrogen) atoms. The Hall–Kier alpha value is -1.07. The third kappa shape index (κ3) is 2.20. The van der Waals surface area contributed by atoms with E-state index in [2.05, 4.69) is 21.4 Å². The second-order valence-electron chi connectivity index (χ2n) is 3.26. The molecule has 2 rings (SSSR count). The summed E-state index contributed by atoms with van der Waals surface area (Å²) < 4.78 is 9.08. The van der Waals surface area contributed by atoms with Crippen LogP contribution < -0.4 is 4.57 Å². The Balaban J connectivity index is 2.24. The van der Waals surface area contributed by atoms with Gasteiger partial charge in [0.1, 0.15) is 17.5 Å². The third-order valence-electron chi connectivity index (χ3n) is 2.24. The number of carbonyl (C=O) groups excluding carboxylic acids is 1. The van der Waals surface area contributed by atoms with Gasteiger partial charge in [0.2, 0.25) is 5.52 Å². The van der Waals surface area contributed by atoms with Crippen LogP contribution >= 0.6 is 23.1 Å². The SMILES string of the molecule is COC(=O)CSc1sc2ccccc2[n+]1C. The number of thioether (sulfide) groups is 1. The molecule has 5 heteroatoms. The van der Waals surface area contributed by atoms with Crippen LogP contribution in [0.1, 0.15) is 0 Å². The van der Waals surface area contributed by atoms with Crippen molar-refractivity contribution < 1.29 is 14.1 Å². The second kappa shape index (κ2) is 4.84. The third-order valence-corrected chi connectivity index (χ3v) is 4.76. The standard InChI is InChI=1S/C11H12NO2S2/c1-12-8-5-3-4-6-9(8)16-11(12)15-7-10(13)14-2/h3-6H,7H2,1-2H3/q+1. The van der Waals surface area contributed by atoms with E-state index in [1.807, 2.05) is 19.2 Å². The minimum Gasteiger partial charge on any atom is -0.468 e. The summed E-state index contributed by atoms with van der Waals surface area (Å²) in [7, 11) is 3.42. The van der Waals surface area contributed by atoms with Gasteiger partial charge in [-0.1, -0.05) is 23.5 Å². The number of rotatable bonds is 3. The van der Waals surface area contributed by atoms with E-state index >= 15 is 0 Å². The molecule has 2 aromatic rings. The molecule has 84 valence electrons. The molecule has 0 saturated heterocycles. The first-order valence-electron chi connectivity index (χ1n) is 4.79. The van der Waals surface area contributed by atoms with Crippen LogP contribution in [0.25, 0.3) is 10.2 Å². The fourth-order valence-corrected chi connectivity index (χ4v) is 3.60. The molecule has 0 aliphatic rings. The van der Waals surface area contributed by atoms with Gasteiger partial charge in [0.05, 0.1) is 7.11 Å². The molecular formula is C11H12NO2S2+. The maximum absolute atomic E-state index is 11.1. The number of esters is 1. The minimum atomic E-state index is -0.192. The Kier molecular flexibility index (Phi) is 3.46. The average Bonchev–Trinajstić information content (AvgIpc) is 2.64. The van der Waals surface area contributed by atoms with Gasteiger partial charge in [-0.25, -0.2) is 0 Å². The molecule has 0 spiro atoms. The number of aromatic nitrogens is 1. The second-order valence-corrected chi connectivity index (χ2v) is 5.51. The molecule has 0 unspecified atom stereocenters. The lowest BCUT2D eigenvalue weighted by Crippen LogP contribution is -2.28. The predicted octanol–water partition coefficient (Wildman–Crippen LogP) is 1.99. The van der Waals surface area contributed by atoms with Crippen molar-refractivity contribution in [3.63, 3.8) is 0 Å². The van der Waals surface area contributed by atoms with Gasteiger partial charge in [0.15, 0.2) is 0 Å². The summed E-state index contributed by atoms with van der Waals surface area (Å²) in [5, 5.41) is 0. The maximum Gasteiger partial charge on any atom is 0.316 e. The van der Waals surface area contributed by atoms with Crippen molar-refractivity contribution in [2.45, 2.75) is 4.34 Å². The van der Waals surface area contributed by atoms with Crippen LogP contribution in [0.5, 0.6) is 0 Å². The molecule has 1 aromatic carbocycles. The van der Waals surface area contributed by atoms with Crippen LogP contribution in [0.3, 0.4) is 0 Å². The predicted molar refractivity (Wildman–Crippen MR) is 65.7 cm³/mol. The van der Waals surface area contributed by atoms with Crippen LogP contribution in [-0.4, -0.2) is 18.8 Å². The number of ether oxygens (including phenoxy) is 1. The highest BCUT2D eigenvalue weighted by atomic mass is 32.2. The molecule has 0 fully saturated rings. The highest BCUT2D eigenvalue weighted by molar-refractivity contribution is 8.01. The van der Waals surface area contributed by atoms with E-state index in [1.54, 1.807) is 11.3 Å². The fourth-order valence-electron chi connectivity index (χ4n) is 1.39. The summed E-state index contributed by atoms with van der Waals surface area (Å²) in [5.74, 6) is 0.166. The number of aryl methyl sites for hydroxylation is 1. The van der Waals surface area contributed by atoms with Crippen LogP contribution in [0.4, 0.5) is 0 Å². The van der Waals surface area contributed by atoms with Gasteiger partial charge in [0.25, 0.3) is 4.34 Å². The molecule has 0 radical (unpaired) electrons. The largest absolute Gasteiger partial charge is 0.468 e. The number of carbonyl (C=O) groups is 1. The van der Waals surface area contributed by atoms with Crippen LogP contribution in [0.15, 0.2) is 28.6 Å². The highest BCUT2D eigenvalue weighted by Gasteiger charge is 2.17. The number of benzene rings is 1. The summed E-state index contributed by atoms with van der Waals surface area (Å²) in [6.07, 6.45) is 0. The van der Waals surface area contributed by atoms with Crippen molar-refractivity contribution in [2.75, 3.05) is 12.9 Å². The van der Waals surface area contributed by atoms with E-state index in [9.17, 15) is 4.79 Å².